The first-order valence-corrected chi connectivity index (χ1v) is 20.6. The molecule has 0 aliphatic rings. The van der Waals surface area contributed by atoms with Crippen molar-refractivity contribution in [1.82, 2.24) is 0 Å². The van der Waals surface area contributed by atoms with Crippen LogP contribution in [0.5, 0.6) is 0 Å². The normalized spacial score (nSPS) is 11.5. The number of hydrogen-bond donors (Lipinski definition) is 0. The molecule has 0 heterocycles. The molecule has 0 aromatic rings. The summed E-state index contributed by atoms with van der Waals surface area (Å²) in [6, 6.07) is 0. The van der Waals surface area contributed by atoms with E-state index in [0.717, 1.165) is 0 Å². The molecular weight excluding hydrogens is 591 g/mol. The molecule has 0 rings (SSSR count). The number of rotatable bonds is 33. The van der Waals surface area contributed by atoms with E-state index < -0.39 is 0 Å². The van der Waals surface area contributed by atoms with E-state index in [9.17, 15) is 0 Å². The maximum atomic E-state index is 2.56. The summed E-state index contributed by atoms with van der Waals surface area (Å²) >= 11 is 0. The molecule has 0 saturated carbocycles. The third kappa shape index (κ3) is 35.6. The summed E-state index contributed by atoms with van der Waals surface area (Å²) < 4.78 is 2.78. The Hall–Kier alpha value is 0.500. The molecule has 278 valence electrons. The minimum absolute atomic E-state index is 0. The highest BCUT2D eigenvalue weighted by Crippen LogP contribution is 2.18. The fraction of sp³-hybridized carbons (Fsp3) is 1.00. The van der Waals surface area contributed by atoms with Gasteiger partial charge >= 0.3 is 0 Å². The van der Waals surface area contributed by atoms with Gasteiger partial charge in [0.25, 0.3) is 0 Å². The Morgan fingerprint density at radius 2 is 0.444 bits per heavy atom. The Kier molecular flexibility index (Phi) is 47.3. The van der Waals surface area contributed by atoms with Gasteiger partial charge in [-0.25, -0.2) is 0 Å². The van der Waals surface area contributed by atoms with Crippen molar-refractivity contribution in [3.63, 3.8) is 0 Å². The lowest BCUT2D eigenvalue weighted by Crippen LogP contribution is -3.00. The van der Waals surface area contributed by atoms with Crippen molar-refractivity contribution in [2.45, 2.75) is 215 Å². The van der Waals surface area contributed by atoms with Gasteiger partial charge in [0.2, 0.25) is 0 Å². The molecule has 4 heteroatoms. The summed E-state index contributed by atoms with van der Waals surface area (Å²) in [5, 5.41) is 0. The second-order valence-electron chi connectivity index (χ2n) is 14.7. The molecule has 45 heavy (non-hydrogen) atoms. The van der Waals surface area contributed by atoms with Crippen molar-refractivity contribution in [3.8, 4) is 0 Å². The lowest BCUT2D eigenvalue weighted by atomic mass is 10.1. The lowest BCUT2D eigenvalue weighted by Gasteiger charge is -2.39. The van der Waals surface area contributed by atoms with Gasteiger partial charge in [-0.3, -0.25) is 0 Å². The number of quaternary nitrogens is 2. The topological polar surface area (TPSA) is 0 Å². The van der Waals surface area contributed by atoms with Crippen LogP contribution < -0.4 is 24.8 Å². The molecule has 0 spiro atoms. The monoisotopic (exact) mass is 681 g/mol. The lowest BCUT2D eigenvalue weighted by molar-refractivity contribution is -0.929. The summed E-state index contributed by atoms with van der Waals surface area (Å²) in [4.78, 5) is 0. The Labute approximate surface area is 301 Å². The maximum absolute atomic E-state index is 2.56. The van der Waals surface area contributed by atoms with Crippen LogP contribution >= 0.6 is 0 Å². The van der Waals surface area contributed by atoms with Crippen molar-refractivity contribution in [2.75, 3.05) is 52.9 Å². The Morgan fingerprint density at radius 3 is 0.667 bits per heavy atom. The van der Waals surface area contributed by atoms with Crippen LogP contribution in [0.15, 0.2) is 0 Å². The summed E-state index contributed by atoms with van der Waals surface area (Å²) in [5.41, 5.74) is 0. The Bertz CT molecular complexity index is 435. The van der Waals surface area contributed by atoms with E-state index in [1.165, 1.54) is 222 Å². The highest BCUT2D eigenvalue weighted by atomic mass is 35.5. The zero-order valence-corrected chi connectivity index (χ0v) is 34.5. The van der Waals surface area contributed by atoms with Crippen molar-refractivity contribution in [2.24, 2.45) is 0 Å². The smallest absolute Gasteiger partial charge is 0.0786 e. The molecule has 0 bridgehead atoms. The van der Waals surface area contributed by atoms with Gasteiger partial charge in [-0.1, -0.05) is 151 Å². The average molecular weight is 682 g/mol. The van der Waals surface area contributed by atoms with Crippen LogP contribution in [0.25, 0.3) is 0 Å². The molecule has 0 unspecified atom stereocenters. The van der Waals surface area contributed by atoms with Gasteiger partial charge in [-0.2, -0.15) is 0 Å². The Morgan fingerprint density at radius 1 is 0.244 bits per heavy atom. The molecule has 2 nitrogen and oxygen atoms in total. The first-order chi connectivity index (χ1) is 20.9. The molecule has 0 aromatic heterocycles. The van der Waals surface area contributed by atoms with E-state index >= 15 is 0 Å². The van der Waals surface area contributed by atoms with Gasteiger partial charge in [0, 0.05) is 0 Å². The van der Waals surface area contributed by atoms with E-state index in [1.54, 1.807) is 0 Å². The van der Waals surface area contributed by atoms with E-state index in [4.69, 9.17) is 0 Å². The minimum Gasteiger partial charge on any atom is -1.00 e. The van der Waals surface area contributed by atoms with Crippen LogP contribution in [-0.4, -0.2) is 61.8 Å². The van der Waals surface area contributed by atoms with E-state index in [1.807, 2.05) is 0 Å². The summed E-state index contributed by atoms with van der Waals surface area (Å²) in [6.07, 6.45) is 36.9. The van der Waals surface area contributed by atoms with E-state index in [-0.39, 0.29) is 24.8 Å². The summed E-state index contributed by atoms with van der Waals surface area (Å²) in [5.74, 6) is 0. The quantitative estimate of drug-likeness (QED) is 0.0497. The fourth-order valence-corrected chi connectivity index (χ4v) is 6.80. The second kappa shape index (κ2) is 40.7. The molecule has 0 aliphatic carbocycles. The third-order valence-corrected chi connectivity index (χ3v) is 10.1. The zero-order chi connectivity index (χ0) is 32.3. The Balaban J connectivity index is -0.000000387. The first-order valence-electron chi connectivity index (χ1n) is 20.6. The maximum Gasteiger partial charge on any atom is 0.0786 e. The molecule has 0 aliphatic heterocycles. The van der Waals surface area contributed by atoms with Crippen molar-refractivity contribution in [3.05, 3.63) is 0 Å². The van der Waals surface area contributed by atoms with Crippen LogP contribution in [0.3, 0.4) is 0 Å². The molecule has 0 fully saturated rings. The molecule has 0 aromatic carbocycles. The van der Waals surface area contributed by atoms with E-state index in [2.05, 4.69) is 55.5 Å². The van der Waals surface area contributed by atoms with Crippen LogP contribution in [0.2, 0.25) is 0 Å². The molecule has 0 radical (unpaired) electrons. The van der Waals surface area contributed by atoms with Gasteiger partial charge in [-0.15, -0.1) is 0 Å². The number of halogens is 2. The van der Waals surface area contributed by atoms with Crippen molar-refractivity contribution in [1.29, 1.82) is 0 Å². The second-order valence-corrected chi connectivity index (χ2v) is 14.7. The van der Waals surface area contributed by atoms with Crippen molar-refractivity contribution >= 4 is 0 Å². The number of hydrogen-bond acceptors (Lipinski definition) is 0. The first kappa shape index (κ1) is 52.3. The van der Waals surface area contributed by atoms with Crippen molar-refractivity contribution < 1.29 is 33.8 Å². The van der Waals surface area contributed by atoms with Crippen LogP contribution in [0.1, 0.15) is 215 Å². The molecule has 0 saturated heterocycles. The summed E-state index contributed by atoms with van der Waals surface area (Å²) in [7, 11) is 2.56. The zero-order valence-electron chi connectivity index (χ0n) is 33.0. The highest BCUT2D eigenvalue weighted by molar-refractivity contribution is 4.52. The SMILES string of the molecule is CCCCCCCC[N+](C)(CCCCCCCC)CCCCCCCC.CCCC[N+](CCCC)(CCCC)CCCC.[Cl-].[Cl-]. The molecule has 0 atom stereocenters. The van der Waals surface area contributed by atoms with Gasteiger partial charge in [-0.05, 0) is 64.2 Å². The standard InChI is InChI=1S/C25H54N.C16H36N.2ClH/c1-5-8-11-14-17-20-23-26(4,24-21-18-15-12-9-6-2)25-22-19-16-13-10-7-3;1-5-9-13-17(14-10-6-2,15-11-7-3)16-12-8-4;;/h5-25H2,1-4H3;5-16H2,1-4H3;2*1H/q2*+1;;/p-2. The van der Waals surface area contributed by atoms with Gasteiger partial charge in [0.1, 0.15) is 0 Å². The predicted molar refractivity (Wildman–Crippen MR) is 200 cm³/mol. The number of nitrogens with zero attached hydrogens (tertiary/aromatic N) is 2. The largest absolute Gasteiger partial charge is 1.00 e. The number of unbranched alkanes of at least 4 members (excludes halogenated alkanes) is 19. The third-order valence-electron chi connectivity index (χ3n) is 10.1. The van der Waals surface area contributed by atoms with Gasteiger partial charge < -0.3 is 33.8 Å². The highest BCUT2D eigenvalue weighted by Gasteiger charge is 2.24. The summed E-state index contributed by atoms with van der Waals surface area (Å²) in [6.45, 7) is 26.2. The van der Waals surface area contributed by atoms with Crippen LogP contribution in [0, 0.1) is 0 Å². The van der Waals surface area contributed by atoms with Gasteiger partial charge in [0.05, 0.1) is 52.9 Å². The fourth-order valence-electron chi connectivity index (χ4n) is 6.80. The molecule has 0 N–H and O–H groups in total. The van der Waals surface area contributed by atoms with E-state index in [0.29, 0.717) is 0 Å². The van der Waals surface area contributed by atoms with Crippen LogP contribution in [-0.2, 0) is 0 Å². The van der Waals surface area contributed by atoms with Gasteiger partial charge in [0.15, 0.2) is 0 Å². The van der Waals surface area contributed by atoms with Crippen LogP contribution in [0.4, 0.5) is 0 Å². The predicted octanol–water partition coefficient (Wildman–Crippen LogP) is 7.53. The minimum atomic E-state index is 0. The molecular formula is C41H90Cl2N2. The average Bonchev–Trinajstić information content (AvgIpc) is 3.02. The molecule has 0 amide bonds.